The van der Waals surface area contributed by atoms with Crippen molar-refractivity contribution in [3.05, 3.63) is 6.92 Å². The van der Waals surface area contributed by atoms with Crippen molar-refractivity contribution in [2.24, 2.45) is 0 Å². The van der Waals surface area contributed by atoms with Crippen molar-refractivity contribution in [1.82, 2.24) is 0 Å². The van der Waals surface area contributed by atoms with E-state index in [9.17, 15) is 8.42 Å². The third kappa shape index (κ3) is 5.71. The van der Waals surface area contributed by atoms with E-state index in [2.05, 4.69) is 11.1 Å². The molecule has 0 spiro atoms. The summed E-state index contributed by atoms with van der Waals surface area (Å²) in [6.07, 6.45) is -1.14. The lowest BCUT2D eigenvalue weighted by Gasteiger charge is -2.03. The molecule has 9 heavy (non-hydrogen) atoms. The lowest BCUT2D eigenvalue weighted by Crippen LogP contribution is -2.17. The van der Waals surface area contributed by atoms with Crippen LogP contribution in [0, 0.1) is 6.92 Å². The normalized spacial score (nSPS) is 15.4. The Morgan fingerprint density at radius 1 is 1.67 bits per heavy atom. The SMILES string of the molecule is [CH2]C(CO)OS(=O)(=O)O. The van der Waals surface area contributed by atoms with Gasteiger partial charge in [0.2, 0.25) is 0 Å². The molecule has 1 unspecified atom stereocenters. The average molecular weight is 155 g/mol. The van der Waals surface area contributed by atoms with Gasteiger partial charge >= 0.3 is 10.4 Å². The molecule has 0 aromatic rings. The molecule has 0 fully saturated rings. The summed E-state index contributed by atoms with van der Waals surface area (Å²) in [4.78, 5) is 0. The highest BCUT2D eigenvalue weighted by atomic mass is 32.3. The zero-order chi connectivity index (χ0) is 7.49. The van der Waals surface area contributed by atoms with Crippen LogP contribution in [0.25, 0.3) is 0 Å². The van der Waals surface area contributed by atoms with E-state index in [1.54, 1.807) is 0 Å². The number of rotatable bonds is 3. The molecule has 1 atom stereocenters. The predicted octanol–water partition coefficient (Wildman–Crippen LogP) is -0.999. The molecule has 0 aromatic carbocycles. The van der Waals surface area contributed by atoms with Gasteiger partial charge in [-0.15, -0.1) is 0 Å². The molecule has 55 valence electrons. The molecule has 0 saturated heterocycles. The number of hydrogen-bond donors (Lipinski definition) is 2. The first kappa shape index (κ1) is 8.83. The van der Waals surface area contributed by atoms with Crippen molar-refractivity contribution >= 4 is 10.4 Å². The van der Waals surface area contributed by atoms with E-state index in [0.717, 1.165) is 0 Å². The first-order valence-corrected chi connectivity index (χ1v) is 3.42. The van der Waals surface area contributed by atoms with Crippen molar-refractivity contribution < 1.29 is 22.3 Å². The first-order chi connectivity index (χ1) is 3.95. The van der Waals surface area contributed by atoms with E-state index in [-0.39, 0.29) is 0 Å². The zero-order valence-electron chi connectivity index (χ0n) is 4.52. The molecule has 0 heterocycles. The van der Waals surface area contributed by atoms with Gasteiger partial charge in [-0.25, -0.2) is 4.18 Å². The second-order valence-corrected chi connectivity index (χ2v) is 2.38. The van der Waals surface area contributed by atoms with Crippen molar-refractivity contribution in [3.8, 4) is 0 Å². The molecule has 0 rings (SSSR count). The zero-order valence-corrected chi connectivity index (χ0v) is 5.34. The highest BCUT2D eigenvalue weighted by molar-refractivity contribution is 7.80. The van der Waals surface area contributed by atoms with Crippen LogP contribution in [0.3, 0.4) is 0 Å². The molecule has 2 N–H and O–H groups in total. The molecular formula is C3H7O5S. The Bertz CT molecular complexity index is 159. The van der Waals surface area contributed by atoms with Crippen LogP contribution >= 0.6 is 0 Å². The largest absolute Gasteiger partial charge is 0.397 e. The van der Waals surface area contributed by atoms with Crippen molar-refractivity contribution in [1.29, 1.82) is 0 Å². The maximum Gasteiger partial charge on any atom is 0.397 e. The van der Waals surface area contributed by atoms with Crippen molar-refractivity contribution in [3.63, 3.8) is 0 Å². The van der Waals surface area contributed by atoms with Gasteiger partial charge in [-0.2, -0.15) is 8.42 Å². The van der Waals surface area contributed by atoms with Gasteiger partial charge in [0, 0.05) is 0 Å². The Hall–Kier alpha value is -0.170. The summed E-state index contributed by atoms with van der Waals surface area (Å²) < 4.78 is 31.2. The second-order valence-electron chi connectivity index (χ2n) is 1.33. The summed E-state index contributed by atoms with van der Waals surface area (Å²) in [5, 5.41) is 8.14. The van der Waals surface area contributed by atoms with Crippen LogP contribution in [0.5, 0.6) is 0 Å². The molecular weight excluding hydrogens is 148 g/mol. The summed E-state index contributed by atoms with van der Waals surface area (Å²) in [7, 11) is -4.46. The van der Waals surface area contributed by atoms with Gasteiger partial charge in [-0.1, -0.05) is 0 Å². The maximum absolute atomic E-state index is 9.78. The fourth-order valence-corrected chi connectivity index (χ4v) is 0.607. The van der Waals surface area contributed by atoms with Gasteiger partial charge in [-0.3, -0.25) is 4.55 Å². The first-order valence-electron chi connectivity index (χ1n) is 2.05. The molecule has 0 aromatic heterocycles. The quantitative estimate of drug-likeness (QED) is 0.511. The topological polar surface area (TPSA) is 83.8 Å². The van der Waals surface area contributed by atoms with Crippen molar-refractivity contribution in [2.75, 3.05) is 6.61 Å². The molecule has 0 amide bonds. The standard InChI is InChI=1S/C3H7O5S/c1-3(2-4)8-9(5,6)7/h3-4H,1-2H2,(H,5,6,7). The minimum absolute atomic E-state index is 0.556. The Morgan fingerprint density at radius 3 is 2.22 bits per heavy atom. The van der Waals surface area contributed by atoms with Crippen molar-refractivity contribution in [2.45, 2.75) is 6.10 Å². The molecule has 1 radical (unpaired) electrons. The van der Waals surface area contributed by atoms with Crippen LogP contribution < -0.4 is 0 Å². The molecule has 0 bridgehead atoms. The Morgan fingerprint density at radius 2 is 2.11 bits per heavy atom. The third-order valence-corrected chi connectivity index (χ3v) is 0.977. The van der Waals surface area contributed by atoms with Crippen LogP contribution in [-0.2, 0) is 14.6 Å². The van der Waals surface area contributed by atoms with E-state index in [1.165, 1.54) is 0 Å². The summed E-state index contributed by atoms with van der Waals surface area (Å²) in [5.41, 5.74) is 0. The lowest BCUT2D eigenvalue weighted by atomic mass is 10.5. The fourth-order valence-electron chi connectivity index (χ4n) is 0.202. The van der Waals surface area contributed by atoms with Gasteiger partial charge in [0.15, 0.2) is 0 Å². The Labute approximate surface area is 53.2 Å². The molecule has 0 aliphatic rings. The van der Waals surface area contributed by atoms with Crippen LogP contribution in [-0.4, -0.2) is 30.8 Å². The highest BCUT2D eigenvalue weighted by Gasteiger charge is 2.09. The second kappa shape index (κ2) is 3.11. The van der Waals surface area contributed by atoms with Gasteiger partial charge in [-0.05, 0) is 6.92 Å². The lowest BCUT2D eigenvalue weighted by molar-refractivity contribution is 0.138. The van der Waals surface area contributed by atoms with Gasteiger partial charge in [0.05, 0.1) is 6.61 Å². The van der Waals surface area contributed by atoms with E-state index in [0.29, 0.717) is 0 Å². The van der Waals surface area contributed by atoms with Crippen LogP contribution in [0.1, 0.15) is 0 Å². The van der Waals surface area contributed by atoms with E-state index < -0.39 is 23.1 Å². The Balaban J connectivity index is 3.75. The Kier molecular flexibility index (Phi) is 3.06. The molecule has 0 saturated carbocycles. The number of hydrogen-bond acceptors (Lipinski definition) is 4. The van der Waals surface area contributed by atoms with Gasteiger partial charge < -0.3 is 5.11 Å². The summed E-state index contributed by atoms with van der Waals surface area (Å²) in [6, 6.07) is 0. The highest BCUT2D eigenvalue weighted by Crippen LogP contribution is 1.93. The summed E-state index contributed by atoms with van der Waals surface area (Å²) in [6.45, 7) is 2.47. The van der Waals surface area contributed by atoms with Crippen LogP contribution in [0.2, 0.25) is 0 Å². The minimum atomic E-state index is -4.46. The summed E-state index contributed by atoms with van der Waals surface area (Å²) >= 11 is 0. The van der Waals surface area contributed by atoms with Gasteiger partial charge in [0.25, 0.3) is 0 Å². The maximum atomic E-state index is 9.78. The predicted molar refractivity (Wildman–Crippen MR) is 28.9 cm³/mol. The van der Waals surface area contributed by atoms with E-state index in [1.807, 2.05) is 0 Å². The smallest absolute Gasteiger partial charge is 0.394 e. The fraction of sp³-hybridized carbons (Fsp3) is 0.667. The van der Waals surface area contributed by atoms with E-state index >= 15 is 0 Å². The molecule has 6 heteroatoms. The van der Waals surface area contributed by atoms with Crippen LogP contribution in [0.15, 0.2) is 0 Å². The average Bonchev–Trinajstić information content (AvgIpc) is 1.62. The molecule has 0 aliphatic carbocycles. The number of aliphatic hydroxyl groups excluding tert-OH is 1. The summed E-state index contributed by atoms with van der Waals surface area (Å²) in [5.74, 6) is 0. The molecule has 5 nitrogen and oxygen atoms in total. The minimum Gasteiger partial charge on any atom is -0.394 e. The van der Waals surface area contributed by atoms with Crippen LogP contribution in [0.4, 0.5) is 0 Å². The van der Waals surface area contributed by atoms with E-state index in [4.69, 9.17) is 9.66 Å². The number of aliphatic hydroxyl groups is 1. The molecule has 0 aliphatic heterocycles. The third-order valence-electron chi connectivity index (χ3n) is 0.461. The monoisotopic (exact) mass is 155 g/mol. The van der Waals surface area contributed by atoms with Gasteiger partial charge in [0.1, 0.15) is 6.10 Å².